The Kier molecular flexibility index (Phi) is 6.84. The second-order valence-electron chi connectivity index (χ2n) is 9.61. The summed E-state index contributed by atoms with van der Waals surface area (Å²) in [4.78, 5) is 22.6. The third-order valence-electron chi connectivity index (χ3n) is 6.86. The molecule has 1 saturated heterocycles. The molecule has 12 heteroatoms. The molecule has 1 aliphatic rings. The SMILES string of the molecule is CC(C)N(CCCCc1nc2ccc(Cl)cc2[nH]1)C[C@H]1OC[C@](O)(n2cnc3c(N)ncnc32)[C@@H]1O. The summed E-state index contributed by atoms with van der Waals surface area (Å²) in [5, 5.41) is 23.1. The number of aromatic amines is 1. The van der Waals surface area contributed by atoms with Crippen molar-refractivity contribution in [3.05, 3.63) is 41.7 Å². The van der Waals surface area contributed by atoms with Crippen LogP contribution in [-0.2, 0) is 16.9 Å². The smallest absolute Gasteiger partial charge is 0.197 e. The van der Waals surface area contributed by atoms with Crippen molar-refractivity contribution in [1.29, 1.82) is 0 Å². The highest BCUT2D eigenvalue weighted by atomic mass is 35.5. The molecule has 1 aliphatic heterocycles. The Morgan fingerprint density at radius 2 is 2.14 bits per heavy atom. The Bertz CT molecular complexity index is 1360. The number of nitrogens with two attached hydrogens (primary N) is 1. The Morgan fingerprint density at radius 3 is 2.94 bits per heavy atom. The molecule has 5 N–H and O–H groups in total. The number of hydrogen-bond acceptors (Lipinski definition) is 9. The van der Waals surface area contributed by atoms with Gasteiger partial charge in [-0.1, -0.05) is 11.6 Å². The fraction of sp³-hybridized carbons (Fsp3) is 0.500. The number of imidazole rings is 2. The molecule has 0 bridgehead atoms. The number of aliphatic hydroxyl groups excluding tert-OH is 1. The van der Waals surface area contributed by atoms with Gasteiger partial charge < -0.3 is 25.7 Å². The van der Waals surface area contributed by atoms with Crippen LogP contribution in [0.3, 0.4) is 0 Å². The minimum absolute atomic E-state index is 0.0871. The molecule has 4 heterocycles. The highest BCUT2D eigenvalue weighted by molar-refractivity contribution is 6.31. The van der Waals surface area contributed by atoms with Crippen LogP contribution in [0.1, 0.15) is 32.5 Å². The maximum atomic E-state index is 11.4. The van der Waals surface area contributed by atoms with Gasteiger partial charge in [-0.05, 0) is 51.4 Å². The Balaban J connectivity index is 1.19. The van der Waals surface area contributed by atoms with E-state index in [9.17, 15) is 10.2 Å². The molecule has 0 aliphatic carbocycles. The molecule has 3 aromatic heterocycles. The third kappa shape index (κ3) is 4.64. The lowest BCUT2D eigenvalue weighted by atomic mass is 10.0. The molecule has 0 unspecified atom stereocenters. The molecule has 1 aromatic carbocycles. The van der Waals surface area contributed by atoms with Crippen molar-refractivity contribution >= 4 is 39.6 Å². The predicted octanol–water partition coefficient (Wildman–Crippen LogP) is 2.08. The van der Waals surface area contributed by atoms with E-state index < -0.39 is 17.9 Å². The fourth-order valence-electron chi connectivity index (χ4n) is 4.76. The van der Waals surface area contributed by atoms with Crippen molar-refractivity contribution in [3.8, 4) is 0 Å². The van der Waals surface area contributed by atoms with Crippen molar-refractivity contribution in [3.63, 3.8) is 0 Å². The number of H-pyrrole nitrogens is 1. The molecule has 3 atom stereocenters. The van der Waals surface area contributed by atoms with Crippen molar-refractivity contribution < 1.29 is 14.9 Å². The summed E-state index contributed by atoms with van der Waals surface area (Å²) >= 11 is 6.07. The number of hydrogen-bond donors (Lipinski definition) is 4. The zero-order valence-corrected chi connectivity index (χ0v) is 21.1. The van der Waals surface area contributed by atoms with Crippen LogP contribution >= 0.6 is 11.6 Å². The largest absolute Gasteiger partial charge is 0.385 e. The average Bonchev–Trinajstić information content (AvgIpc) is 3.53. The maximum Gasteiger partial charge on any atom is 0.197 e. The second-order valence-corrected chi connectivity index (χ2v) is 10.0. The first kappa shape index (κ1) is 24.8. The lowest BCUT2D eigenvalue weighted by Gasteiger charge is -2.32. The van der Waals surface area contributed by atoms with Crippen LogP contribution in [0.15, 0.2) is 30.9 Å². The number of benzene rings is 1. The van der Waals surface area contributed by atoms with Gasteiger partial charge in [-0.3, -0.25) is 9.47 Å². The minimum Gasteiger partial charge on any atom is -0.385 e. The quantitative estimate of drug-likeness (QED) is 0.246. The van der Waals surface area contributed by atoms with E-state index in [4.69, 9.17) is 22.1 Å². The van der Waals surface area contributed by atoms with Gasteiger partial charge >= 0.3 is 0 Å². The van der Waals surface area contributed by atoms with Crippen LogP contribution < -0.4 is 5.73 Å². The van der Waals surface area contributed by atoms with Crippen molar-refractivity contribution in [2.45, 2.75) is 57.1 Å². The van der Waals surface area contributed by atoms with Crippen LogP contribution in [-0.4, -0.2) is 82.5 Å². The Hall–Kier alpha value is -2.83. The summed E-state index contributed by atoms with van der Waals surface area (Å²) in [5.74, 6) is 1.16. The maximum absolute atomic E-state index is 11.4. The molecular formula is C24H31ClN8O3. The molecule has 11 nitrogen and oxygen atoms in total. The van der Waals surface area contributed by atoms with E-state index in [1.165, 1.54) is 17.2 Å². The molecule has 0 radical (unpaired) electrons. The normalized spacial score (nSPS) is 22.5. The van der Waals surface area contributed by atoms with Crippen LogP contribution in [0.5, 0.6) is 0 Å². The van der Waals surface area contributed by atoms with Gasteiger partial charge in [-0.15, -0.1) is 0 Å². The van der Waals surface area contributed by atoms with Crippen molar-refractivity contribution in [2.24, 2.45) is 0 Å². The van der Waals surface area contributed by atoms with E-state index in [2.05, 4.69) is 43.7 Å². The topological polar surface area (TPSA) is 151 Å². The highest BCUT2D eigenvalue weighted by Crippen LogP contribution is 2.33. The number of nitrogens with one attached hydrogen (secondary N) is 1. The first-order valence-corrected chi connectivity index (χ1v) is 12.5. The lowest BCUT2D eigenvalue weighted by molar-refractivity contribution is -0.109. The van der Waals surface area contributed by atoms with Crippen LogP contribution in [0, 0.1) is 0 Å². The molecule has 0 spiro atoms. The molecular weight excluding hydrogens is 484 g/mol. The van der Waals surface area contributed by atoms with E-state index >= 15 is 0 Å². The number of fused-ring (bicyclic) bond motifs is 2. The summed E-state index contributed by atoms with van der Waals surface area (Å²) in [7, 11) is 0. The predicted molar refractivity (Wildman–Crippen MR) is 136 cm³/mol. The molecule has 192 valence electrons. The van der Waals surface area contributed by atoms with Gasteiger partial charge in [-0.25, -0.2) is 19.9 Å². The summed E-state index contributed by atoms with van der Waals surface area (Å²) in [5.41, 5.74) is 6.75. The molecule has 4 aromatic rings. The van der Waals surface area contributed by atoms with Gasteiger partial charge in [0.2, 0.25) is 0 Å². The van der Waals surface area contributed by atoms with Crippen LogP contribution in [0.25, 0.3) is 22.2 Å². The second kappa shape index (κ2) is 9.91. The number of aromatic nitrogens is 6. The molecule has 0 saturated carbocycles. The van der Waals surface area contributed by atoms with E-state index in [0.29, 0.717) is 22.7 Å². The zero-order chi connectivity index (χ0) is 25.4. The molecule has 36 heavy (non-hydrogen) atoms. The average molecular weight is 515 g/mol. The fourth-order valence-corrected chi connectivity index (χ4v) is 4.93. The lowest BCUT2D eigenvalue weighted by Crippen LogP contribution is -2.49. The van der Waals surface area contributed by atoms with E-state index in [-0.39, 0.29) is 18.5 Å². The monoisotopic (exact) mass is 514 g/mol. The minimum atomic E-state index is -1.70. The Morgan fingerprint density at radius 1 is 1.31 bits per heavy atom. The number of nitrogens with zero attached hydrogens (tertiary/aromatic N) is 6. The van der Waals surface area contributed by atoms with E-state index in [1.54, 1.807) is 0 Å². The number of ether oxygens (including phenoxy) is 1. The van der Waals surface area contributed by atoms with Gasteiger partial charge in [-0.2, -0.15) is 0 Å². The molecule has 1 fully saturated rings. The van der Waals surface area contributed by atoms with E-state index in [0.717, 1.165) is 42.7 Å². The molecule has 0 amide bonds. The van der Waals surface area contributed by atoms with Crippen molar-refractivity contribution in [1.82, 2.24) is 34.4 Å². The standard InChI is InChI=1S/C24H31ClN8O3/c1-14(2)32(8-4-3-5-19-30-16-7-6-15(25)9-17(16)31-19)10-18-21(34)24(35,11-36-18)33-13-29-20-22(26)27-12-28-23(20)33/h6-7,9,12-14,18,21,34-35H,3-5,8,10-11H2,1-2H3,(H,30,31)(H2,26,27,28)/t18-,21-,24-/m1/s1. The highest BCUT2D eigenvalue weighted by Gasteiger charge is 2.50. The van der Waals surface area contributed by atoms with Gasteiger partial charge in [0.25, 0.3) is 0 Å². The summed E-state index contributed by atoms with van der Waals surface area (Å²) in [6, 6.07) is 5.88. The van der Waals surface area contributed by atoms with Gasteiger partial charge in [0.15, 0.2) is 17.2 Å². The van der Waals surface area contributed by atoms with Crippen LogP contribution in [0.2, 0.25) is 5.02 Å². The number of aliphatic hydroxyl groups is 2. The molecule has 5 rings (SSSR count). The third-order valence-corrected chi connectivity index (χ3v) is 7.10. The zero-order valence-electron chi connectivity index (χ0n) is 20.3. The Labute approximate surface area is 213 Å². The summed E-state index contributed by atoms with van der Waals surface area (Å²) in [6.07, 6.45) is 3.71. The van der Waals surface area contributed by atoms with Gasteiger partial charge in [0.1, 0.15) is 29.9 Å². The first-order valence-electron chi connectivity index (χ1n) is 12.1. The van der Waals surface area contributed by atoms with Gasteiger partial charge in [0, 0.05) is 24.0 Å². The number of rotatable bonds is 9. The van der Waals surface area contributed by atoms with Crippen LogP contribution in [0.4, 0.5) is 5.82 Å². The van der Waals surface area contributed by atoms with Crippen molar-refractivity contribution in [2.75, 3.05) is 25.4 Å². The number of unbranched alkanes of at least 4 members (excludes halogenated alkanes) is 1. The number of halogens is 1. The van der Waals surface area contributed by atoms with Gasteiger partial charge in [0.05, 0.1) is 24.0 Å². The summed E-state index contributed by atoms with van der Waals surface area (Å²) in [6.45, 7) is 5.44. The number of anilines is 1. The summed E-state index contributed by atoms with van der Waals surface area (Å²) < 4.78 is 7.31. The number of aryl methyl sites for hydroxylation is 1. The van der Waals surface area contributed by atoms with E-state index in [1.807, 2.05) is 18.2 Å². The first-order chi connectivity index (χ1) is 17.3. The number of nitrogen functional groups attached to an aromatic ring is 1.